The van der Waals surface area contributed by atoms with Crippen LogP contribution in [0.15, 0.2) is 48.7 Å². The van der Waals surface area contributed by atoms with Crippen molar-refractivity contribution >= 4 is 28.2 Å². The van der Waals surface area contributed by atoms with Gasteiger partial charge in [0.15, 0.2) is 0 Å². The van der Waals surface area contributed by atoms with Crippen molar-refractivity contribution in [2.45, 2.75) is 6.54 Å². The number of nitrogens with two attached hydrogens (primary N) is 1. The third-order valence-corrected chi connectivity index (χ3v) is 3.77. The molecule has 20 heavy (non-hydrogen) atoms. The number of anilines is 1. The zero-order chi connectivity index (χ0) is 14.1. The molecule has 0 aliphatic rings. The van der Waals surface area contributed by atoms with Gasteiger partial charge < -0.3 is 10.3 Å². The Morgan fingerprint density at radius 1 is 1.15 bits per heavy atom. The Hall–Kier alpha value is -2.44. The molecule has 4 heteroatoms. The summed E-state index contributed by atoms with van der Waals surface area (Å²) in [4.78, 5) is 0. The molecule has 0 saturated heterocycles. The summed E-state index contributed by atoms with van der Waals surface area (Å²) >= 11 is 6.21. The maximum Gasteiger partial charge on any atom is 0.0998 e. The van der Waals surface area contributed by atoms with Gasteiger partial charge >= 0.3 is 0 Å². The highest BCUT2D eigenvalue weighted by Crippen LogP contribution is 2.26. The molecule has 0 atom stereocenters. The molecule has 3 nitrogen and oxygen atoms in total. The van der Waals surface area contributed by atoms with Crippen molar-refractivity contribution in [1.82, 2.24) is 4.57 Å². The van der Waals surface area contributed by atoms with Gasteiger partial charge in [0.2, 0.25) is 0 Å². The number of hydrogen-bond donors (Lipinski definition) is 1. The van der Waals surface area contributed by atoms with E-state index in [4.69, 9.17) is 22.6 Å². The van der Waals surface area contributed by atoms with Crippen LogP contribution in [-0.4, -0.2) is 4.57 Å². The predicted octanol–water partition coefficient (Wildman–Crippen LogP) is 3.80. The number of halogens is 1. The lowest BCUT2D eigenvalue weighted by Crippen LogP contribution is -2.02. The number of fused-ring (bicyclic) bond motifs is 1. The topological polar surface area (TPSA) is 54.7 Å². The Kier molecular flexibility index (Phi) is 3.09. The Morgan fingerprint density at radius 3 is 2.70 bits per heavy atom. The maximum absolute atomic E-state index is 9.12. The van der Waals surface area contributed by atoms with Crippen LogP contribution in [0.1, 0.15) is 11.1 Å². The minimum atomic E-state index is 0.587. The molecule has 0 aliphatic heterocycles. The first kappa shape index (κ1) is 12.6. The lowest BCUT2D eigenvalue weighted by molar-refractivity contribution is 0.839. The molecule has 0 saturated carbocycles. The van der Waals surface area contributed by atoms with E-state index in [1.165, 1.54) is 0 Å². The molecule has 0 unspecified atom stereocenters. The van der Waals surface area contributed by atoms with Gasteiger partial charge in [-0.2, -0.15) is 5.26 Å². The minimum absolute atomic E-state index is 0.587. The summed E-state index contributed by atoms with van der Waals surface area (Å²) in [7, 11) is 0. The van der Waals surface area contributed by atoms with Crippen molar-refractivity contribution in [3.63, 3.8) is 0 Å². The van der Waals surface area contributed by atoms with Gasteiger partial charge in [-0.05, 0) is 30.3 Å². The number of nitrogens with zero attached hydrogens (tertiary/aromatic N) is 2. The smallest absolute Gasteiger partial charge is 0.0998 e. The summed E-state index contributed by atoms with van der Waals surface area (Å²) in [6.45, 7) is 0.587. The van der Waals surface area contributed by atoms with Crippen molar-refractivity contribution < 1.29 is 0 Å². The average Bonchev–Trinajstić information content (AvgIpc) is 2.86. The van der Waals surface area contributed by atoms with Crippen LogP contribution in [0, 0.1) is 11.3 Å². The van der Waals surface area contributed by atoms with Gasteiger partial charge in [0.1, 0.15) is 0 Å². The molecular weight excluding hydrogens is 270 g/mol. The molecule has 0 amide bonds. The van der Waals surface area contributed by atoms with Crippen LogP contribution in [0.5, 0.6) is 0 Å². The first-order chi connectivity index (χ1) is 9.70. The number of hydrogen-bond acceptors (Lipinski definition) is 2. The van der Waals surface area contributed by atoms with E-state index < -0.39 is 0 Å². The van der Waals surface area contributed by atoms with E-state index in [1.807, 2.05) is 53.2 Å². The van der Waals surface area contributed by atoms with E-state index in [0.717, 1.165) is 16.5 Å². The first-order valence-electron chi connectivity index (χ1n) is 6.21. The molecule has 0 radical (unpaired) electrons. The zero-order valence-electron chi connectivity index (χ0n) is 10.7. The SMILES string of the molecule is N#Cc1cccc2c1ccn2Cc1c(N)cccc1Cl. The first-order valence-corrected chi connectivity index (χ1v) is 6.59. The fraction of sp³-hybridized carbons (Fsp3) is 0.0625. The van der Waals surface area contributed by atoms with Gasteiger partial charge in [0.05, 0.1) is 18.2 Å². The number of aromatic nitrogens is 1. The van der Waals surface area contributed by atoms with E-state index in [1.54, 1.807) is 0 Å². The second-order valence-electron chi connectivity index (χ2n) is 4.60. The van der Waals surface area contributed by atoms with Crippen molar-refractivity contribution in [1.29, 1.82) is 5.26 Å². The van der Waals surface area contributed by atoms with E-state index in [9.17, 15) is 0 Å². The normalized spacial score (nSPS) is 10.6. The lowest BCUT2D eigenvalue weighted by Gasteiger charge is -2.10. The van der Waals surface area contributed by atoms with Gasteiger partial charge in [-0.25, -0.2) is 0 Å². The Morgan fingerprint density at radius 2 is 1.95 bits per heavy atom. The molecule has 3 aromatic rings. The molecule has 1 aromatic heterocycles. The summed E-state index contributed by atoms with van der Waals surface area (Å²) in [6.07, 6.45) is 1.95. The van der Waals surface area contributed by atoms with Crippen molar-refractivity contribution in [2.75, 3.05) is 5.73 Å². The zero-order valence-corrected chi connectivity index (χ0v) is 11.4. The highest BCUT2D eigenvalue weighted by atomic mass is 35.5. The monoisotopic (exact) mass is 281 g/mol. The van der Waals surface area contributed by atoms with E-state index >= 15 is 0 Å². The summed E-state index contributed by atoms with van der Waals surface area (Å²) in [5.74, 6) is 0. The predicted molar refractivity (Wildman–Crippen MR) is 81.6 cm³/mol. The summed E-state index contributed by atoms with van der Waals surface area (Å²) in [5.41, 5.74) is 9.24. The Labute approximate surface area is 121 Å². The maximum atomic E-state index is 9.12. The molecule has 0 spiro atoms. The second kappa shape index (κ2) is 4.92. The van der Waals surface area contributed by atoms with Crippen LogP contribution in [0.25, 0.3) is 10.9 Å². The van der Waals surface area contributed by atoms with Gasteiger partial charge in [-0.1, -0.05) is 23.7 Å². The third kappa shape index (κ3) is 2.01. The lowest BCUT2D eigenvalue weighted by atomic mass is 10.1. The molecule has 0 aliphatic carbocycles. The molecule has 3 rings (SSSR count). The standard InChI is InChI=1S/C16H12ClN3/c17-14-4-2-5-15(19)13(14)10-20-8-7-12-11(9-18)3-1-6-16(12)20/h1-8H,10,19H2. The van der Waals surface area contributed by atoms with Crippen LogP contribution in [0.4, 0.5) is 5.69 Å². The van der Waals surface area contributed by atoms with Crippen LogP contribution in [0.3, 0.4) is 0 Å². The van der Waals surface area contributed by atoms with Crippen molar-refractivity contribution in [3.05, 3.63) is 64.8 Å². The molecule has 2 aromatic carbocycles. The average molecular weight is 282 g/mol. The largest absolute Gasteiger partial charge is 0.398 e. The Balaban J connectivity index is 2.11. The molecule has 1 heterocycles. The molecule has 0 bridgehead atoms. The van der Waals surface area contributed by atoms with Crippen LogP contribution in [0.2, 0.25) is 5.02 Å². The highest BCUT2D eigenvalue weighted by Gasteiger charge is 2.09. The van der Waals surface area contributed by atoms with Crippen LogP contribution < -0.4 is 5.73 Å². The van der Waals surface area contributed by atoms with Gasteiger partial charge in [-0.15, -0.1) is 0 Å². The molecule has 0 fully saturated rings. The van der Waals surface area contributed by atoms with Gasteiger partial charge in [0, 0.05) is 33.4 Å². The van der Waals surface area contributed by atoms with Gasteiger partial charge in [-0.3, -0.25) is 0 Å². The number of nitriles is 1. The fourth-order valence-electron chi connectivity index (χ4n) is 2.37. The number of benzene rings is 2. The molecule has 98 valence electrons. The van der Waals surface area contributed by atoms with Crippen molar-refractivity contribution in [2.24, 2.45) is 0 Å². The van der Waals surface area contributed by atoms with E-state index in [2.05, 4.69) is 6.07 Å². The fourth-order valence-corrected chi connectivity index (χ4v) is 2.61. The van der Waals surface area contributed by atoms with Gasteiger partial charge in [0.25, 0.3) is 0 Å². The van der Waals surface area contributed by atoms with E-state index in [-0.39, 0.29) is 0 Å². The summed E-state index contributed by atoms with van der Waals surface area (Å²) in [5, 5.41) is 10.7. The van der Waals surface area contributed by atoms with Crippen LogP contribution in [-0.2, 0) is 6.54 Å². The Bertz CT molecular complexity index is 807. The summed E-state index contributed by atoms with van der Waals surface area (Å²) < 4.78 is 2.05. The van der Waals surface area contributed by atoms with Crippen molar-refractivity contribution in [3.8, 4) is 6.07 Å². The highest BCUT2D eigenvalue weighted by molar-refractivity contribution is 6.31. The third-order valence-electron chi connectivity index (χ3n) is 3.42. The second-order valence-corrected chi connectivity index (χ2v) is 5.01. The molecular formula is C16H12ClN3. The quantitative estimate of drug-likeness (QED) is 0.727. The number of nitrogen functional groups attached to an aromatic ring is 1. The summed E-state index contributed by atoms with van der Waals surface area (Å²) in [6, 6.07) is 15.3. The molecule has 2 N–H and O–H groups in total. The number of rotatable bonds is 2. The van der Waals surface area contributed by atoms with E-state index in [0.29, 0.717) is 22.8 Å². The van der Waals surface area contributed by atoms with Crippen LogP contribution >= 0.6 is 11.6 Å². The minimum Gasteiger partial charge on any atom is -0.398 e.